The van der Waals surface area contributed by atoms with Gasteiger partial charge in [0.05, 0.1) is 5.54 Å². The van der Waals surface area contributed by atoms with Gasteiger partial charge in [-0.05, 0) is 36.5 Å². The molecule has 0 aliphatic heterocycles. The molecule has 0 heterocycles. The van der Waals surface area contributed by atoms with E-state index in [0.29, 0.717) is 18.0 Å². The maximum Gasteiger partial charge on any atom is 0.251 e. The SMILES string of the molecule is CCC(CC)(CN)NC(=O)c1ccc(C(C)C)cc1. The fraction of sp³-hybridized carbons (Fsp3) is 0.562. The molecule has 0 aromatic heterocycles. The molecule has 3 heteroatoms. The second-order valence-corrected chi connectivity index (χ2v) is 5.42. The molecule has 0 aliphatic rings. The molecule has 0 aliphatic carbocycles. The zero-order valence-electron chi connectivity index (χ0n) is 12.5. The number of hydrogen-bond donors (Lipinski definition) is 2. The number of hydrogen-bond acceptors (Lipinski definition) is 2. The lowest BCUT2D eigenvalue weighted by Crippen LogP contribution is -2.52. The Hall–Kier alpha value is -1.35. The summed E-state index contributed by atoms with van der Waals surface area (Å²) < 4.78 is 0. The number of amides is 1. The minimum absolute atomic E-state index is 0.0375. The Balaban J connectivity index is 2.83. The number of nitrogens with two attached hydrogens (primary N) is 1. The van der Waals surface area contributed by atoms with Crippen LogP contribution in [0.4, 0.5) is 0 Å². The second-order valence-electron chi connectivity index (χ2n) is 5.42. The molecule has 0 fully saturated rings. The Labute approximate surface area is 116 Å². The average molecular weight is 262 g/mol. The molecule has 0 unspecified atom stereocenters. The molecule has 1 aromatic carbocycles. The molecule has 3 nitrogen and oxygen atoms in total. The van der Waals surface area contributed by atoms with E-state index in [1.165, 1.54) is 5.56 Å². The Bertz CT molecular complexity index is 397. The van der Waals surface area contributed by atoms with Gasteiger partial charge in [0.2, 0.25) is 0 Å². The molecule has 0 atom stereocenters. The first-order chi connectivity index (χ1) is 8.98. The highest BCUT2D eigenvalue weighted by Crippen LogP contribution is 2.17. The summed E-state index contributed by atoms with van der Waals surface area (Å²) in [5, 5.41) is 3.08. The Morgan fingerprint density at radius 3 is 2.11 bits per heavy atom. The van der Waals surface area contributed by atoms with Crippen molar-refractivity contribution in [2.45, 2.75) is 52.0 Å². The summed E-state index contributed by atoms with van der Waals surface area (Å²) in [6, 6.07) is 7.80. The van der Waals surface area contributed by atoms with Crippen molar-refractivity contribution < 1.29 is 4.79 Å². The number of carbonyl (C=O) groups excluding carboxylic acids is 1. The van der Waals surface area contributed by atoms with Gasteiger partial charge in [0.1, 0.15) is 0 Å². The van der Waals surface area contributed by atoms with Crippen molar-refractivity contribution in [2.24, 2.45) is 5.73 Å². The quantitative estimate of drug-likeness (QED) is 0.828. The normalized spacial score (nSPS) is 11.7. The molecule has 19 heavy (non-hydrogen) atoms. The van der Waals surface area contributed by atoms with Gasteiger partial charge in [-0.3, -0.25) is 4.79 Å². The van der Waals surface area contributed by atoms with Crippen LogP contribution in [0.5, 0.6) is 0 Å². The van der Waals surface area contributed by atoms with Gasteiger partial charge < -0.3 is 11.1 Å². The summed E-state index contributed by atoms with van der Waals surface area (Å²) in [6.07, 6.45) is 1.69. The molecular formula is C16H26N2O. The monoisotopic (exact) mass is 262 g/mol. The summed E-state index contributed by atoms with van der Waals surface area (Å²) in [7, 11) is 0. The van der Waals surface area contributed by atoms with E-state index < -0.39 is 0 Å². The number of carbonyl (C=O) groups is 1. The average Bonchev–Trinajstić information content (AvgIpc) is 2.45. The van der Waals surface area contributed by atoms with Crippen LogP contribution in [0.1, 0.15) is 62.4 Å². The summed E-state index contributed by atoms with van der Waals surface area (Å²) in [5.74, 6) is 0.441. The van der Waals surface area contributed by atoms with Crippen LogP contribution in [0.15, 0.2) is 24.3 Å². The van der Waals surface area contributed by atoms with Crippen molar-refractivity contribution >= 4 is 5.91 Å². The maximum absolute atomic E-state index is 12.3. The van der Waals surface area contributed by atoms with Crippen LogP contribution < -0.4 is 11.1 Å². The van der Waals surface area contributed by atoms with E-state index in [2.05, 4.69) is 33.0 Å². The van der Waals surface area contributed by atoms with Crippen LogP contribution in [0.25, 0.3) is 0 Å². The lowest BCUT2D eigenvalue weighted by molar-refractivity contribution is 0.0895. The fourth-order valence-electron chi connectivity index (χ4n) is 2.10. The molecule has 3 N–H and O–H groups in total. The lowest BCUT2D eigenvalue weighted by atomic mass is 9.92. The molecule has 1 amide bonds. The zero-order chi connectivity index (χ0) is 14.5. The van der Waals surface area contributed by atoms with Crippen LogP contribution in [0.2, 0.25) is 0 Å². The van der Waals surface area contributed by atoms with Gasteiger partial charge in [-0.1, -0.05) is 39.8 Å². The van der Waals surface area contributed by atoms with E-state index in [1.807, 2.05) is 24.3 Å². The van der Waals surface area contributed by atoms with Gasteiger partial charge in [-0.15, -0.1) is 0 Å². The number of rotatable bonds is 6. The van der Waals surface area contributed by atoms with E-state index in [-0.39, 0.29) is 11.4 Å². The number of benzene rings is 1. The van der Waals surface area contributed by atoms with Gasteiger partial charge in [-0.2, -0.15) is 0 Å². The van der Waals surface area contributed by atoms with Gasteiger partial charge in [-0.25, -0.2) is 0 Å². The summed E-state index contributed by atoms with van der Waals surface area (Å²) in [5.41, 5.74) is 7.46. The molecular weight excluding hydrogens is 236 g/mol. The van der Waals surface area contributed by atoms with E-state index in [9.17, 15) is 4.79 Å². The second kappa shape index (κ2) is 6.71. The lowest BCUT2D eigenvalue weighted by Gasteiger charge is -2.31. The van der Waals surface area contributed by atoms with E-state index in [4.69, 9.17) is 5.73 Å². The fourth-order valence-corrected chi connectivity index (χ4v) is 2.10. The summed E-state index contributed by atoms with van der Waals surface area (Å²) in [4.78, 5) is 12.3. The predicted octanol–water partition coefficient (Wildman–Crippen LogP) is 3.06. The third kappa shape index (κ3) is 3.80. The minimum Gasteiger partial charge on any atom is -0.345 e. The van der Waals surface area contributed by atoms with Gasteiger partial charge in [0, 0.05) is 12.1 Å². The van der Waals surface area contributed by atoms with Crippen molar-refractivity contribution in [2.75, 3.05) is 6.54 Å². The third-order valence-electron chi connectivity index (χ3n) is 3.96. The smallest absolute Gasteiger partial charge is 0.251 e. The molecule has 0 bridgehead atoms. The van der Waals surface area contributed by atoms with Gasteiger partial charge in [0.25, 0.3) is 5.91 Å². The van der Waals surface area contributed by atoms with Crippen molar-refractivity contribution in [3.8, 4) is 0 Å². The largest absolute Gasteiger partial charge is 0.345 e. The minimum atomic E-state index is -0.284. The Morgan fingerprint density at radius 2 is 1.74 bits per heavy atom. The van der Waals surface area contributed by atoms with E-state index in [1.54, 1.807) is 0 Å². The van der Waals surface area contributed by atoms with Crippen LogP contribution >= 0.6 is 0 Å². The standard InChI is InChI=1S/C16H26N2O/c1-5-16(6-2,11-17)18-15(19)14-9-7-13(8-10-14)12(3)4/h7-10,12H,5-6,11,17H2,1-4H3,(H,18,19). The van der Waals surface area contributed by atoms with Crippen LogP contribution in [-0.2, 0) is 0 Å². The predicted molar refractivity (Wildman–Crippen MR) is 80.4 cm³/mol. The highest BCUT2D eigenvalue weighted by atomic mass is 16.1. The summed E-state index contributed by atoms with van der Waals surface area (Å²) >= 11 is 0. The zero-order valence-corrected chi connectivity index (χ0v) is 12.5. The molecule has 1 rings (SSSR count). The first-order valence-electron chi connectivity index (χ1n) is 7.10. The van der Waals surface area contributed by atoms with Crippen molar-refractivity contribution in [1.82, 2.24) is 5.32 Å². The Kier molecular flexibility index (Phi) is 5.55. The van der Waals surface area contributed by atoms with Crippen molar-refractivity contribution in [3.63, 3.8) is 0 Å². The molecule has 0 radical (unpaired) electrons. The first kappa shape index (κ1) is 15.7. The van der Waals surface area contributed by atoms with Crippen molar-refractivity contribution in [3.05, 3.63) is 35.4 Å². The molecule has 0 spiro atoms. The van der Waals surface area contributed by atoms with E-state index >= 15 is 0 Å². The highest BCUT2D eigenvalue weighted by molar-refractivity contribution is 5.94. The van der Waals surface area contributed by atoms with Gasteiger partial charge in [0.15, 0.2) is 0 Å². The van der Waals surface area contributed by atoms with Crippen LogP contribution in [0, 0.1) is 0 Å². The Morgan fingerprint density at radius 1 is 1.21 bits per heavy atom. The molecule has 1 aromatic rings. The topological polar surface area (TPSA) is 55.1 Å². The first-order valence-corrected chi connectivity index (χ1v) is 7.10. The molecule has 0 saturated heterocycles. The van der Waals surface area contributed by atoms with Crippen molar-refractivity contribution in [1.29, 1.82) is 0 Å². The number of nitrogens with one attached hydrogen (secondary N) is 1. The maximum atomic E-state index is 12.3. The third-order valence-corrected chi connectivity index (χ3v) is 3.96. The van der Waals surface area contributed by atoms with Crippen LogP contribution in [0.3, 0.4) is 0 Å². The van der Waals surface area contributed by atoms with E-state index in [0.717, 1.165) is 12.8 Å². The van der Waals surface area contributed by atoms with Crippen LogP contribution in [-0.4, -0.2) is 18.0 Å². The highest BCUT2D eigenvalue weighted by Gasteiger charge is 2.26. The summed E-state index contributed by atoms with van der Waals surface area (Å²) in [6.45, 7) is 8.86. The van der Waals surface area contributed by atoms with Gasteiger partial charge >= 0.3 is 0 Å². The molecule has 106 valence electrons. The molecule has 0 saturated carbocycles.